The van der Waals surface area contributed by atoms with Crippen LogP contribution in [-0.2, 0) is 4.79 Å². The number of amides is 1. The van der Waals surface area contributed by atoms with Crippen LogP contribution in [0.2, 0.25) is 0 Å². The molecular weight excluding hydrogens is 190 g/mol. The van der Waals surface area contributed by atoms with E-state index in [1.165, 1.54) is 25.7 Å². The van der Waals surface area contributed by atoms with Gasteiger partial charge < -0.3 is 10.8 Å². The van der Waals surface area contributed by atoms with Gasteiger partial charge in [-0.15, -0.1) is 0 Å². The van der Waals surface area contributed by atoms with E-state index in [1.807, 2.05) is 12.2 Å². The van der Waals surface area contributed by atoms with E-state index in [0.29, 0.717) is 13.0 Å². The molecule has 3 heteroatoms. The first-order valence-electron chi connectivity index (χ1n) is 5.81. The molecule has 0 aromatic heterocycles. The first-order chi connectivity index (χ1) is 7.27. The van der Waals surface area contributed by atoms with Gasteiger partial charge in [0.15, 0.2) is 0 Å². The lowest BCUT2D eigenvalue weighted by atomic mass is 10.1. The van der Waals surface area contributed by atoms with Crippen molar-refractivity contribution >= 4 is 5.91 Å². The van der Waals surface area contributed by atoms with E-state index in [2.05, 4.69) is 0 Å². The summed E-state index contributed by atoms with van der Waals surface area (Å²) < 4.78 is 0. The standard InChI is InChI=1S/C12H23NO2/c13-12(15)10-8-6-4-2-1-3-5-7-9-11-14/h6,8,14H,1-5,7,9-11H2,(H2,13,15)/b8-6-. The third-order valence-corrected chi connectivity index (χ3v) is 2.26. The van der Waals surface area contributed by atoms with Crippen molar-refractivity contribution in [2.24, 2.45) is 5.73 Å². The maximum absolute atomic E-state index is 10.4. The highest BCUT2D eigenvalue weighted by atomic mass is 16.2. The number of carbonyl (C=O) groups excluding carboxylic acids is 1. The van der Waals surface area contributed by atoms with E-state index in [-0.39, 0.29) is 5.91 Å². The van der Waals surface area contributed by atoms with Crippen molar-refractivity contribution < 1.29 is 9.90 Å². The SMILES string of the molecule is NC(=O)C/C=C\CCCCCCCCO. The van der Waals surface area contributed by atoms with E-state index in [0.717, 1.165) is 19.3 Å². The van der Waals surface area contributed by atoms with Crippen molar-refractivity contribution in [3.63, 3.8) is 0 Å². The van der Waals surface area contributed by atoms with Gasteiger partial charge in [0.25, 0.3) is 0 Å². The molecule has 0 aromatic rings. The Balaban J connectivity index is 3.04. The van der Waals surface area contributed by atoms with Crippen LogP contribution in [0.3, 0.4) is 0 Å². The molecule has 0 spiro atoms. The minimum absolute atomic E-state index is 0.268. The quantitative estimate of drug-likeness (QED) is 0.431. The lowest BCUT2D eigenvalue weighted by molar-refractivity contribution is -0.117. The number of aliphatic hydroxyl groups excluding tert-OH is 1. The molecule has 88 valence electrons. The van der Waals surface area contributed by atoms with Gasteiger partial charge in [-0.1, -0.05) is 37.8 Å². The monoisotopic (exact) mass is 213 g/mol. The average molecular weight is 213 g/mol. The van der Waals surface area contributed by atoms with Crippen LogP contribution in [0.1, 0.15) is 51.4 Å². The molecule has 0 rings (SSSR count). The van der Waals surface area contributed by atoms with Crippen molar-refractivity contribution in [1.29, 1.82) is 0 Å². The maximum Gasteiger partial charge on any atom is 0.221 e. The molecule has 1 amide bonds. The summed E-state index contributed by atoms with van der Waals surface area (Å²) in [6.07, 6.45) is 12.2. The molecule has 0 fully saturated rings. The van der Waals surface area contributed by atoms with Crippen LogP contribution in [0.15, 0.2) is 12.2 Å². The lowest BCUT2D eigenvalue weighted by Crippen LogP contribution is -2.07. The summed E-state index contributed by atoms with van der Waals surface area (Å²) in [5.41, 5.74) is 4.99. The molecule has 0 heterocycles. The van der Waals surface area contributed by atoms with Gasteiger partial charge in [-0.3, -0.25) is 4.79 Å². The number of allylic oxidation sites excluding steroid dienone is 1. The molecule has 15 heavy (non-hydrogen) atoms. The van der Waals surface area contributed by atoms with E-state index in [4.69, 9.17) is 10.8 Å². The molecule has 0 atom stereocenters. The summed E-state index contributed by atoms with van der Waals surface area (Å²) in [6.45, 7) is 0.315. The van der Waals surface area contributed by atoms with Crippen molar-refractivity contribution in [2.45, 2.75) is 51.4 Å². The number of nitrogens with two attached hydrogens (primary N) is 1. The van der Waals surface area contributed by atoms with Crippen molar-refractivity contribution in [2.75, 3.05) is 6.61 Å². The number of hydrogen-bond donors (Lipinski definition) is 2. The Morgan fingerprint density at radius 2 is 1.60 bits per heavy atom. The van der Waals surface area contributed by atoms with Crippen molar-refractivity contribution in [3.05, 3.63) is 12.2 Å². The fourth-order valence-electron chi connectivity index (χ4n) is 1.40. The second-order valence-corrected chi connectivity index (χ2v) is 3.78. The van der Waals surface area contributed by atoms with Crippen LogP contribution in [0.25, 0.3) is 0 Å². The third kappa shape index (κ3) is 13.2. The minimum Gasteiger partial charge on any atom is -0.396 e. The molecular formula is C12H23NO2. The van der Waals surface area contributed by atoms with Crippen LogP contribution in [-0.4, -0.2) is 17.6 Å². The molecule has 0 saturated heterocycles. The molecule has 0 aliphatic rings. The second kappa shape index (κ2) is 11.2. The summed E-state index contributed by atoms with van der Waals surface area (Å²) >= 11 is 0. The van der Waals surface area contributed by atoms with Crippen LogP contribution in [0.5, 0.6) is 0 Å². The van der Waals surface area contributed by atoms with E-state index < -0.39 is 0 Å². The molecule has 0 bridgehead atoms. The fourth-order valence-corrected chi connectivity index (χ4v) is 1.40. The first-order valence-corrected chi connectivity index (χ1v) is 5.81. The van der Waals surface area contributed by atoms with Gasteiger partial charge in [-0.25, -0.2) is 0 Å². The number of carbonyl (C=O) groups is 1. The van der Waals surface area contributed by atoms with Crippen molar-refractivity contribution in [1.82, 2.24) is 0 Å². The smallest absolute Gasteiger partial charge is 0.221 e. The molecule has 3 nitrogen and oxygen atoms in total. The largest absolute Gasteiger partial charge is 0.396 e. The van der Waals surface area contributed by atoms with E-state index in [1.54, 1.807) is 0 Å². The molecule has 0 aliphatic heterocycles. The van der Waals surface area contributed by atoms with Gasteiger partial charge in [0.1, 0.15) is 0 Å². The molecule has 0 radical (unpaired) electrons. The Kier molecular flexibility index (Phi) is 10.6. The summed E-state index contributed by atoms with van der Waals surface area (Å²) in [5, 5.41) is 8.56. The zero-order chi connectivity index (χ0) is 11.4. The zero-order valence-corrected chi connectivity index (χ0v) is 9.45. The van der Waals surface area contributed by atoms with E-state index in [9.17, 15) is 4.79 Å². The minimum atomic E-state index is -0.268. The van der Waals surface area contributed by atoms with Gasteiger partial charge >= 0.3 is 0 Å². The van der Waals surface area contributed by atoms with Gasteiger partial charge in [-0.2, -0.15) is 0 Å². The highest BCUT2D eigenvalue weighted by molar-refractivity contribution is 5.75. The zero-order valence-electron chi connectivity index (χ0n) is 9.45. The Morgan fingerprint density at radius 3 is 2.20 bits per heavy atom. The first kappa shape index (κ1) is 14.2. The number of primary amides is 1. The summed E-state index contributed by atoms with van der Waals surface area (Å²) in [5.74, 6) is -0.268. The Bertz CT molecular complexity index is 178. The van der Waals surface area contributed by atoms with Gasteiger partial charge in [-0.05, 0) is 19.3 Å². The third-order valence-electron chi connectivity index (χ3n) is 2.26. The average Bonchev–Trinajstić information content (AvgIpc) is 2.20. The van der Waals surface area contributed by atoms with Crippen molar-refractivity contribution in [3.8, 4) is 0 Å². The van der Waals surface area contributed by atoms with Crippen LogP contribution in [0.4, 0.5) is 0 Å². The number of hydrogen-bond acceptors (Lipinski definition) is 2. The van der Waals surface area contributed by atoms with Crippen LogP contribution in [0, 0.1) is 0 Å². The Hall–Kier alpha value is -0.830. The van der Waals surface area contributed by atoms with E-state index >= 15 is 0 Å². The topological polar surface area (TPSA) is 63.3 Å². The molecule has 0 aliphatic carbocycles. The lowest BCUT2D eigenvalue weighted by Gasteiger charge is -1.98. The van der Waals surface area contributed by atoms with Gasteiger partial charge in [0, 0.05) is 13.0 Å². The number of aliphatic hydroxyl groups is 1. The molecule has 0 saturated carbocycles. The molecule has 3 N–H and O–H groups in total. The summed E-state index contributed by atoms with van der Waals surface area (Å²) in [6, 6.07) is 0. The van der Waals surface area contributed by atoms with Gasteiger partial charge in [0.2, 0.25) is 5.91 Å². The fraction of sp³-hybridized carbons (Fsp3) is 0.750. The number of unbranched alkanes of at least 4 members (excludes halogenated alkanes) is 6. The predicted octanol–water partition coefficient (Wildman–Crippen LogP) is 2.14. The van der Waals surface area contributed by atoms with Gasteiger partial charge in [0.05, 0.1) is 0 Å². The summed E-state index contributed by atoms with van der Waals surface area (Å²) in [4.78, 5) is 10.4. The Morgan fingerprint density at radius 1 is 1.00 bits per heavy atom. The number of rotatable bonds is 10. The van der Waals surface area contributed by atoms with Crippen LogP contribution < -0.4 is 5.73 Å². The molecule has 0 aromatic carbocycles. The highest BCUT2D eigenvalue weighted by Gasteiger charge is 1.90. The molecule has 0 unspecified atom stereocenters. The summed E-state index contributed by atoms with van der Waals surface area (Å²) in [7, 11) is 0. The maximum atomic E-state index is 10.4. The normalized spacial score (nSPS) is 11.0. The predicted molar refractivity (Wildman–Crippen MR) is 62.4 cm³/mol. The Labute approximate surface area is 92.4 Å². The highest BCUT2D eigenvalue weighted by Crippen LogP contribution is 2.07. The van der Waals surface area contributed by atoms with Crippen LogP contribution >= 0.6 is 0 Å². The second-order valence-electron chi connectivity index (χ2n) is 3.78.